The highest BCUT2D eigenvalue weighted by Gasteiger charge is 2.15. The van der Waals surface area contributed by atoms with Crippen LogP contribution in [0.5, 0.6) is 0 Å². The van der Waals surface area contributed by atoms with Gasteiger partial charge in [-0.2, -0.15) is 11.8 Å². The zero-order chi connectivity index (χ0) is 11.6. The van der Waals surface area contributed by atoms with Gasteiger partial charge in [0.25, 0.3) is 0 Å². The quantitative estimate of drug-likeness (QED) is 0.569. The molecule has 0 spiro atoms. The molecule has 0 saturated carbocycles. The van der Waals surface area contributed by atoms with Gasteiger partial charge >= 0.3 is 0 Å². The van der Waals surface area contributed by atoms with Gasteiger partial charge in [0.15, 0.2) is 0 Å². The molecule has 0 heterocycles. The standard InChI is InChI=1S/C12H27NOS/c1-4-12(2,14)11-13-9-7-5-6-8-10-15-3/h13-14H,4-11H2,1-3H3. The van der Waals surface area contributed by atoms with Crippen LogP contribution in [-0.4, -0.2) is 35.8 Å². The maximum Gasteiger partial charge on any atom is 0.0740 e. The van der Waals surface area contributed by atoms with E-state index in [9.17, 15) is 5.11 Å². The predicted molar refractivity (Wildman–Crippen MR) is 70.6 cm³/mol. The number of aliphatic hydroxyl groups is 1. The third-order valence-electron chi connectivity index (χ3n) is 2.72. The van der Waals surface area contributed by atoms with Crippen LogP contribution < -0.4 is 5.32 Å². The number of hydrogen-bond acceptors (Lipinski definition) is 3. The van der Waals surface area contributed by atoms with E-state index in [1.54, 1.807) is 0 Å². The van der Waals surface area contributed by atoms with Gasteiger partial charge in [-0.3, -0.25) is 0 Å². The Balaban J connectivity index is 3.11. The molecule has 15 heavy (non-hydrogen) atoms. The van der Waals surface area contributed by atoms with Gasteiger partial charge in [0.2, 0.25) is 0 Å². The summed E-state index contributed by atoms with van der Waals surface area (Å²) in [6, 6.07) is 0. The largest absolute Gasteiger partial charge is 0.389 e. The number of thioether (sulfide) groups is 1. The number of unbranched alkanes of at least 4 members (excludes halogenated alkanes) is 3. The Morgan fingerprint density at radius 1 is 1.20 bits per heavy atom. The second-order valence-electron chi connectivity index (χ2n) is 4.43. The Labute approximate surface area is 99.2 Å². The third kappa shape index (κ3) is 10.6. The fourth-order valence-electron chi connectivity index (χ4n) is 1.33. The zero-order valence-corrected chi connectivity index (χ0v) is 11.3. The van der Waals surface area contributed by atoms with Gasteiger partial charge in [-0.25, -0.2) is 0 Å². The highest BCUT2D eigenvalue weighted by atomic mass is 32.2. The molecule has 0 aromatic heterocycles. The second kappa shape index (κ2) is 9.49. The van der Waals surface area contributed by atoms with Crippen molar-refractivity contribution < 1.29 is 5.11 Å². The summed E-state index contributed by atoms with van der Waals surface area (Å²) in [5.74, 6) is 1.29. The summed E-state index contributed by atoms with van der Waals surface area (Å²) in [6.07, 6.45) is 8.19. The minimum absolute atomic E-state index is 0.529. The van der Waals surface area contributed by atoms with Crippen LogP contribution >= 0.6 is 11.8 Å². The molecule has 0 amide bonds. The summed E-state index contributed by atoms with van der Waals surface area (Å²) in [6.45, 7) is 5.66. The van der Waals surface area contributed by atoms with Crippen molar-refractivity contribution in [1.82, 2.24) is 5.32 Å². The van der Waals surface area contributed by atoms with Crippen molar-refractivity contribution >= 4 is 11.8 Å². The molecule has 0 fully saturated rings. The molecule has 1 unspecified atom stereocenters. The summed E-state index contributed by atoms with van der Waals surface area (Å²) in [5.41, 5.74) is -0.529. The van der Waals surface area contributed by atoms with Crippen molar-refractivity contribution in [2.24, 2.45) is 0 Å². The van der Waals surface area contributed by atoms with Crippen molar-refractivity contribution in [3.05, 3.63) is 0 Å². The lowest BCUT2D eigenvalue weighted by Gasteiger charge is -2.21. The summed E-state index contributed by atoms with van der Waals surface area (Å²) in [7, 11) is 0. The van der Waals surface area contributed by atoms with Crippen LogP contribution in [0.2, 0.25) is 0 Å². The molecular formula is C12H27NOS. The van der Waals surface area contributed by atoms with Gasteiger partial charge in [0.05, 0.1) is 5.60 Å². The first-order valence-electron chi connectivity index (χ1n) is 6.04. The maximum atomic E-state index is 9.73. The Morgan fingerprint density at radius 2 is 1.87 bits per heavy atom. The zero-order valence-electron chi connectivity index (χ0n) is 10.5. The van der Waals surface area contributed by atoms with Crippen LogP contribution in [0, 0.1) is 0 Å². The molecular weight excluding hydrogens is 206 g/mol. The molecule has 0 radical (unpaired) electrons. The van der Waals surface area contributed by atoms with Gasteiger partial charge in [0, 0.05) is 6.54 Å². The average Bonchev–Trinajstić information content (AvgIpc) is 2.22. The smallest absolute Gasteiger partial charge is 0.0740 e. The van der Waals surface area contributed by atoms with E-state index in [1.165, 1.54) is 31.4 Å². The Morgan fingerprint density at radius 3 is 2.47 bits per heavy atom. The topological polar surface area (TPSA) is 32.3 Å². The molecule has 0 saturated heterocycles. The molecule has 0 aromatic rings. The Bertz CT molecular complexity index is 140. The first kappa shape index (κ1) is 15.3. The second-order valence-corrected chi connectivity index (χ2v) is 5.42. The number of rotatable bonds is 10. The van der Waals surface area contributed by atoms with Crippen LogP contribution in [0.15, 0.2) is 0 Å². The van der Waals surface area contributed by atoms with Crippen LogP contribution in [0.4, 0.5) is 0 Å². The monoisotopic (exact) mass is 233 g/mol. The molecule has 92 valence electrons. The van der Waals surface area contributed by atoms with Crippen molar-refractivity contribution in [1.29, 1.82) is 0 Å². The van der Waals surface area contributed by atoms with Gasteiger partial charge in [0.1, 0.15) is 0 Å². The molecule has 0 aliphatic rings. The van der Waals surface area contributed by atoms with E-state index < -0.39 is 5.60 Å². The van der Waals surface area contributed by atoms with E-state index >= 15 is 0 Å². The molecule has 3 heteroatoms. The lowest BCUT2D eigenvalue weighted by Crippen LogP contribution is -2.37. The van der Waals surface area contributed by atoms with Gasteiger partial charge in [-0.05, 0) is 44.7 Å². The van der Waals surface area contributed by atoms with Crippen LogP contribution in [0.3, 0.4) is 0 Å². The minimum Gasteiger partial charge on any atom is -0.389 e. The van der Waals surface area contributed by atoms with Crippen LogP contribution in [0.1, 0.15) is 46.0 Å². The minimum atomic E-state index is -0.529. The average molecular weight is 233 g/mol. The molecule has 0 rings (SSSR count). The van der Waals surface area contributed by atoms with Gasteiger partial charge in [-0.1, -0.05) is 19.8 Å². The molecule has 2 N–H and O–H groups in total. The van der Waals surface area contributed by atoms with E-state index in [2.05, 4.69) is 11.6 Å². The van der Waals surface area contributed by atoms with Crippen molar-refractivity contribution in [2.45, 2.75) is 51.6 Å². The third-order valence-corrected chi connectivity index (χ3v) is 3.42. The SMILES string of the molecule is CCC(C)(O)CNCCCCCCSC. The maximum absolute atomic E-state index is 9.73. The fraction of sp³-hybridized carbons (Fsp3) is 1.00. The fourth-order valence-corrected chi connectivity index (χ4v) is 1.83. The van der Waals surface area contributed by atoms with Crippen LogP contribution in [0.25, 0.3) is 0 Å². The molecule has 2 nitrogen and oxygen atoms in total. The summed E-state index contributed by atoms with van der Waals surface area (Å²) in [5, 5.41) is 13.0. The van der Waals surface area contributed by atoms with E-state index in [1.807, 2.05) is 25.6 Å². The van der Waals surface area contributed by atoms with Crippen molar-refractivity contribution in [2.75, 3.05) is 25.1 Å². The number of hydrogen-bond donors (Lipinski definition) is 2. The first-order chi connectivity index (χ1) is 7.12. The van der Waals surface area contributed by atoms with E-state index in [0.717, 1.165) is 13.0 Å². The van der Waals surface area contributed by atoms with Crippen molar-refractivity contribution in [3.8, 4) is 0 Å². The van der Waals surface area contributed by atoms with E-state index in [-0.39, 0.29) is 0 Å². The number of nitrogens with one attached hydrogen (secondary N) is 1. The van der Waals surface area contributed by atoms with Gasteiger partial charge < -0.3 is 10.4 Å². The highest BCUT2D eigenvalue weighted by molar-refractivity contribution is 7.98. The van der Waals surface area contributed by atoms with E-state index in [4.69, 9.17) is 0 Å². The van der Waals surface area contributed by atoms with E-state index in [0.29, 0.717) is 6.54 Å². The van der Waals surface area contributed by atoms with Crippen LogP contribution in [-0.2, 0) is 0 Å². The Kier molecular flexibility index (Phi) is 9.66. The highest BCUT2D eigenvalue weighted by Crippen LogP contribution is 2.06. The lowest BCUT2D eigenvalue weighted by molar-refractivity contribution is 0.0559. The molecule has 0 aliphatic heterocycles. The molecule has 0 aliphatic carbocycles. The molecule has 0 bridgehead atoms. The summed E-state index contributed by atoms with van der Waals surface area (Å²) < 4.78 is 0. The summed E-state index contributed by atoms with van der Waals surface area (Å²) >= 11 is 1.93. The van der Waals surface area contributed by atoms with Crippen molar-refractivity contribution in [3.63, 3.8) is 0 Å². The Hall–Kier alpha value is 0.270. The summed E-state index contributed by atoms with van der Waals surface area (Å²) in [4.78, 5) is 0. The van der Waals surface area contributed by atoms with Gasteiger partial charge in [-0.15, -0.1) is 0 Å². The molecule has 0 aromatic carbocycles. The molecule has 1 atom stereocenters. The lowest BCUT2D eigenvalue weighted by atomic mass is 10.0. The first-order valence-corrected chi connectivity index (χ1v) is 7.44. The predicted octanol–water partition coefficient (Wildman–Crippen LogP) is 2.66. The normalized spacial score (nSPS) is 15.2.